The molecule has 0 bridgehead atoms. The molecule has 0 aliphatic carbocycles. The van der Waals surface area contributed by atoms with Crippen LogP contribution < -0.4 is 14.9 Å². The highest BCUT2D eigenvalue weighted by Crippen LogP contribution is 2.45. The molecule has 0 radical (unpaired) electrons. The molecule has 1 aliphatic rings. The molecule has 1 saturated heterocycles. The lowest BCUT2D eigenvalue weighted by Gasteiger charge is -2.19. The molecule has 0 unspecified atom stereocenters. The van der Waals surface area contributed by atoms with Crippen LogP contribution in [0.25, 0.3) is 0 Å². The van der Waals surface area contributed by atoms with Gasteiger partial charge in [-0.05, 0) is 31.5 Å². The second kappa shape index (κ2) is 10.0. The summed E-state index contributed by atoms with van der Waals surface area (Å²) >= 11 is 9.87. The Morgan fingerprint density at radius 3 is 2.85 bits per heavy atom. The first-order chi connectivity index (χ1) is 12.5. The molecule has 8 heteroatoms. The minimum atomic E-state index is -0.115. The first-order valence-electron chi connectivity index (χ1n) is 8.10. The first kappa shape index (κ1) is 20.8. The van der Waals surface area contributed by atoms with Gasteiger partial charge in [-0.2, -0.15) is 5.10 Å². The fourth-order valence-electron chi connectivity index (χ4n) is 2.35. The number of ether oxygens (including phenoxy) is 2. The number of thioether (sulfide) groups is 2. The van der Waals surface area contributed by atoms with Crippen molar-refractivity contribution in [2.45, 2.75) is 24.3 Å². The Morgan fingerprint density at radius 2 is 2.19 bits per heavy atom. The number of nitrogens with one attached hydrogen (secondary N) is 1. The maximum atomic E-state index is 12.1. The van der Waals surface area contributed by atoms with Crippen LogP contribution in [0.4, 0.5) is 0 Å². The molecule has 1 aliphatic heterocycles. The van der Waals surface area contributed by atoms with Crippen molar-refractivity contribution in [1.82, 2.24) is 5.43 Å². The van der Waals surface area contributed by atoms with E-state index in [1.807, 2.05) is 30.4 Å². The van der Waals surface area contributed by atoms with Crippen LogP contribution in [-0.2, 0) is 4.79 Å². The molecule has 1 N–H and O–H groups in total. The summed E-state index contributed by atoms with van der Waals surface area (Å²) < 4.78 is 10.9. The van der Waals surface area contributed by atoms with Crippen LogP contribution in [0.3, 0.4) is 0 Å². The minimum Gasteiger partial charge on any atom is -0.490 e. The normalized spacial score (nSPS) is 15.6. The lowest BCUT2D eigenvalue weighted by atomic mass is 10.2. The number of amides is 1. The van der Waals surface area contributed by atoms with Crippen LogP contribution in [0.2, 0.25) is 5.02 Å². The van der Waals surface area contributed by atoms with Gasteiger partial charge in [-0.3, -0.25) is 4.79 Å². The van der Waals surface area contributed by atoms with Gasteiger partial charge in [0.1, 0.15) is 6.61 Å². The van der Waals surface area contributed by atoms with E-state index >= 15 is 0 Å². The van der Waals surface area contributed by atoms with Crippen molar-refractivity contribution in [3.63, 3.8) is 0 Å². The molecule has 1 heterocycles. The zero-order valence-corrected chi connectivity index (χ0v) is 17.1. The number of benzene rings is 1. The van der Waals surface area contributed by atoms with Crippen LogP contribution in [-0.4, -0.2) is 40.9 Å². The maximum Gasteiger partial charge on any atom is 0.242 e. The van der Waals surface area contributed by atoms with Crippen molar-refractivity contribution in [3.8, 4) is 23.8 Å². The third-order valence-electron chi connectivity index (χ3n) is 3.41. The first-order valence-corrected chi connectivity index (χ1v) is 10.4. The average molecular weight is 413 g/mol. The zero-order valence-electron chi connectivity index (χ0n) is 14.7. The Hall–Kier alpha value is -1.49. The Labute approximate surface area is 167 Å². The van der Waals surface area contributed by atoms with Gasteiger partial charge in [0.25, 0.3) is 0 Å². The van der Waals surface area contributed by atoms with Crippen molar-refractivity contribution in [3.05, 3.63) is 22.7 Å². The molecule has 0 spiro atoms. The van der Waals surface area contributed by atoms with E-state index in [2.05, 4.69) is 23.4 Å². The van der Waals surface area contributed by atoms with E-state index in [0.29, 0.717) is 35.1 Å². The monoisotopic (exact) mass is 412 g/mol. The predicted molar refractivity (Wildman–Crippen MR) is 111 cm³/mol. The molecular formula is C18H21ClN2O3S2. The number of rotatable bonds is 8. The maximum absolute atomic E-state index is 12.1. The fourth-order valence-corrected chi connectivity index (χ4v) is 5.45. The van der Waals surface area contributed by atoms with Gasteiger partial charge in [-0.1, -0.05) is 17.5 Å². The third kappa shape index (κ3) is 6.04. The summed E-state index contributed by atoms with van der Waals surface area (Å²) in [7, 11) is 0. The van der Waals surface area contributed by atoms with Crippen molar-refractivity contribution in [2.75, 3.05) is 24.7 Å². The van der Waals surface area contributed by atoms with Gasteiger partial charge in [0.15, 0.2) is 11.5 Å². The average Bonchev–Trinajstić information content (AvgIpc) is 3.00. The van der Waals surface area contributed by atoms with Gasteiger partial charge in [0, 0.05) is 11.5 Å². The molecule has 2 rings (SSSR count). The molecule has 0 atom stereocenters. The van der Waals surface area contributed by atoms with Crippen LogP contribution in [0, 0.1) is 12.3 Å². The fraction of sp³-hybridized carbons (Fsp3) is 0.444. The van der Waals surface area contributed by atoms with Crippen LogP contribution in [0.1, 0.15) is 25.8 Å². The summed E-state index contributed by atoms with van der Waals surface area (Å²) in [6, 6.07) is 3.41. The van der Waals surface area contributed by atoms with E-state index in [4.69, 9.17) is 27.5 Å². The lowest BCUT2D eigenvalue weighted by Crippen LogP contribution is -2.26. The highest BCUT2D eigenvalue weighted by atomic mass is 35.5. The Kier molecular flexibility index (Phi) is 8.01. The Bertz CT molecular complexity index is 713. The number of nitrogens with zero attached hydrogens (tertiary/aromatic N) is 1. The van der Waals surface area contributed by atoms with Crippen molar-refractivity contribution >= 4 is 47.2 Å². The molecule has 1 aromatic rings. The quantitative estimate of drug-likeness (QED) is 0.400. The summed E-state index contributed by atoms with van der Waals surface area (Å²) in [5.74, 6) is 5.31. The van der Waals surface area contributed by atoms with E-state index in [0.717, 1.165) is 11.5 Å². The molecule has 0 saturated carbocycles. The highest BCUT2D eigenvalue weighted by molar-refractivity contribution is 8.21. The van der Waals surface area contributed by atoms with E-state index in [1.165, 1.54) is 6.21 Å². The number of terminal acetylenes is 1. The van der Waals surface area contributed by atoms with Gasteiger partial charge >= 0.3 is 0 Å². The summed E-state index contributed by atoms with van der Waals surface area (Å²) in [4.78, 5) is 12.1. The molecule has 5 nitrogen and oxygen atoms in total. The summed E-state index contributed by atoms with van der Waals surface area (Å²) in [6.07, 6.45) is 7.16. The number of carbonyl (C=O) groups is 1. The highest BCUT2D eigenvalue weighted by Gasteiger charge is 2.32. The molecule has 140 valence electrons. The number of carbonyl (C=O) groups excluding carboxylic acids is 1. The SMILES string of the molecule is C#CCOc1c(Cl)cc(/C=N\NC(=O)CC2(C)SCCS2)cc1OCC. The Morgan fingerprint density at radius 1 is 1.46 bits per heavy atom. The lowest BCUT2D eigenvalue weighted by molar-refractivity contribution is -0.121. The van der Waals surface area contributed by atoms with Crippen LogP contribution >= 0.6 is 35.1 Å². The van der Waals surface area contributed by atoms with Crippen LogP contribution in [0.15, 0.2) is 17.2 Å². The van der Waals surface area contributed by atoms with Crippen molar-refractivity contribution in [2.24, 2.45) is 5.10 Å². The smallest absolute Gasteiger partial charge is 0.242 e. The standard InChI is InChI=1S/C18H21ClN2O3S2/c1-4-6-24-17-14(19)9-13(10-15(17)23-5-2)12-20-21-16(22)11-18(3)25-7-8-26-18/h1,9-10,12H,5-8,11H2,2-3H3,(H,21,22)/b20-12-. The number of hydrogen-bond donors (Lipinski definition) is 1. The molecule has 26 heavy (non-hydrogen) atoms. The van der Waals surface area contributed by atoms with Gasteiger partial charge in [0.05, 0.1) is 28.3 Å². The molecule has 1 fully saturated rings. The number of hydrogen-bond acceptors (Lipinski definition) is 6. The molecular weight excluding hydrogens is 392 g/mol. The minimum absolute atomic E-state index is 0.0684. The topological polar surface area (TPSA) is 59.9 Å². The van der Waals surface area contributed by atoms with Gasteiger partial charge < -0.3 is 9.47 Å². The van der Waals surface area contributed by atoms with Crippen molar-refractivity contribution < 1.29 is 14.3 Å². The number of halogens is 1. The predicted octanol–water partition coefficient (Wildman–Crippen LogP) is 3.79. The summed E-state index contributed by atoms with van der Waals surface area (Å²) in [5.41, 5.74) is 3.25. The van der Waals surface area contributed by atoms with E-state index in [1.54, 1.807) is 12.1 Å². The summed E-state index contributed by atoms with van der Waals surface area (Å²) in [6.45, 7) is 4.49. The molecule has 0 aromatic heterocycles. The second-order valence-electron chi connectivity index (χ2n) is 5.56. The van der Waals surface area contributed by atoms with Crippen LogP contribution in [0.5, 0.6) is 11.5 Å². The second-order valence-corrected chi connectivity index (χ2v) is 9.42. The van der Waals surface area contributed by atoms with E-state index in [-0.39, 0.29) is 16.6 Å². The van der Waals surface area contributed by atoms with Gasteiger partial charge in [-0.15, -0.1) is 29.9 Å². The molecule has 1 aromatic carbocycles. The summed E-state index contributed by atoms with van der Waals surface area (Å²) in [5, 5.41) is 4.38. The van der Waals surface area contributed by atoms with E-state index in [9.17, 15) is 4.79 Å². The number of hydrazone groups is 1. The van der Waals surface area contributed by atoms with E-state index < -0.39 is 0 Å². The van der Waals surface area contributed by atoms with Gasteiger partial charge in [0.2, 0.25) is 5.91 Å². The largest absolute Gasteiger partial charge is 0.490 e. The Balaban J connectivity index is 2.02. The van der Waals surface area contributed by atoms with Crippen molar-refractivity contribution in [1.29, 1.82) is 0 Å². The van der Waals surface area contributed by atoms with Gasteiger partial charge in [-0.25, -0.2) is 5.43 Å². The zero-order chi connectivity index (χ0) is 19.0. The third-order valence-corrected chi connectivity index (χ3v) is 6.99. The molecule has 1 amide bonds.